The maximum Gasteiger partial charge on any atom is 0.241 e. The fourth-order valence-corrected chi connectivity index (χ4v) is 1.76. The van der Waals surface area contributed by atoms with Crippen LogP contribution in [0.1, 0.15) is 12.8 Å². The Morgan fingerprint density at radius 2 is 2.35 bits per heavy atom. The highest BCUT2D eigenvalue weighted by atomic mass is 35.5. The van der Waals surface area contributed by atoms with Gasteiger partial charge in [-0.05, 0) is 25.5 Å². The van der Waals surface area contributed by atoms with Crippen LogP contribution in [0.25, 0.3) is 0 Å². The lowest BCUT2D eigenvalue weighted by atomic mass is 10.2. The van der Waals surface area contributed by atoms with E-state index in [0.29, 0.717) is 12.6 Å². The van der Waals surface area contributed by atoms with Crippen molar-refractivity contribution in [2.75, 3.05) is 13.1 Å². The second-order valence-electron chi connectivity index (χ2n) is 3.80. The maximum atomic E-state index is 11.5. The average molecular weight is 281 g/mol. The zero-order valence-corrected chi connectivity index (χ0v) is 11.1. The molecule has 17 heavy (non-hydrogen) atoms. The smallest absolute Gasteiger partial charge is 0.241 e. The van der Waals surface area contributed by atoms with E-state index in [4.69, 9.17) is 0 Å². The van der Waals surface area contributed by atoms with Gasteiger partial charge < -0.3 is 10.6 Å². The Hall–Kier alpha value is -0.780. The summed E-state index contributed by atoms with van der Waals surface area (Å²) in [5, 5.41) is 10.2. The van der Waals surface area contributed by atoms with Crippen molar-refractivity contribution in [3.05, 3.63) is 18.5 Å². The third-order valence-electron chi connectivity index (χ3n) is 2.57. The molecule has 0 saturated carbocycles. The third-order valence-corrected chi connectivity index (χ3v) is 2.57. The van der Waals surface area contributed by atoms with Crippen LogP contribution in [-0.4, -0.2) is 34.8 Å². The Morgan fingerprint density at radius 1 is 1.53 bits per heavy atom. The summed E-state index contributed by atoms with van der Waals surface area (Å²) in [5.41, 5.74) is 0. The second kappa shape index (κ2) is 8.33. The minimum Gasteiger partial charge on any atom is -0.353 e. The van der Waals surface area contributed by atoms with Crippen LogP contribution in [0.2, 0.25) is 0 Å². The van der Waals surface area contributed by atoms with Gasteiger partial charge in [-0.3, -0.25) is 9.48 Å². The van der Waals surface area contributed by atoms with Crippen LogP contribution in [0, 0.1) is 0 Å². The number of rotatable bonds is 4. The summed E-state index contributed by atoms with van der Waals surface area (Å²) in [6, 6.07) is 2.26. The van der Waals surface area contributed by atoms with E-state index in [-0.39, 0.29) is 30.7 Å². The van der Waals surface area contributed by atoms with Gasteiger partial charge in [0.2, 0.25) is 5.91 Å². The Labute approximate surface area is 113 Å². The SMILES string of the molecule is Cl.Cl.O=C(Cn1cccn1)NCC1CCCN1. The van der Waals surface area contributed by atoms with Gasteiger partial charge in [0.15, 0.2) is 0 Å². The van der Waals surface area contributed by atoms with Crippen molar-refractivity contribution in [2.24, 2.45) is 0 Å². The molecule has 0 aromatic carbocycles. The Bertz CT molecular complexity index is 312. The van der Waals surface area contributed by atoms with Gasteiger partial charge in [0.25, 0.3) is 0 Å². The normalized spacial score (nSPS) is 18.0. The first-order valence-corrected chi connectivity index (χ1v) is 5.32. The number of hydrogen-bond acceptors (Lipinski definition) is 3. The molecule has 2 heterocycles. The van der Waals surface area contributed by atoms with Gasteiger partial charge >= 0.3 is 0 Å². The van der Waals surface area contributed by atoms with Crippen LogP contribution >= 0.6 is 24.8 Å². The molecule has 1 atom stereocenters. The molecule has 0 spiro atoms. The largest absolute Gasteiger partial charge is 0.353 e. The van der Waals surface area contributed by atoms with E-state index in [0.717, 1.165) is 19.5 Å². The van der Waals surface area contributed by atoms with Gasteiger partial charge in [-0.15, -0.1) is 24.8 Å². The third kappa shape index (κ3) is 5.39. The minimum atomic E-state index is 0. The molecular formula is C10H18Cl2N4O. The number of nitrogens with zero attached hydrogens (tertiary/aromatic N) is 2. The molecular weight excluding hydrogens is 263 g/mol. The molecule has 2 rings (SSSR count). The number of aromatic nitrogens is 2. The molecule has 1 unspecified atom stereocenters. The van der Waals surface area contributed by atoms with Crippen molar-refractivity contribution in [1.82, 2.24) is 20.4 Å². The van der Waals surface area contributed by atoms with Crippen molar-refractivity contribution in [2.45, 2.75) is 25.4 Å². The lowest BCUT2D eigenvalue weighted by Crippen LogP contribution is -2.38. The number of halogens is 2. The summed E-state index contributed by atoms with van der Waals surface area (Å²) < 4.78 is 1.62. The number of carbonyl (C=O) groups excluding carboxylic acids is 1. The number of amides is 1. The fraction of sp³-hybridized carbons (Fsp3) is 0.600. The van der Waals surface area contributed by atoms with Crippen LogP contribution in [0.5, 0.6) is 0 Å². The van der Waals surface area contributed by atoms with E-state index in [1.165, 1.54) is 6.42 Å². The molecule has 1 amide bonds. The summed E-state index contributed by atoms with van der Waals surface area (Å²) in [6.45, 7) is 2.10. The summed E-state index contributed by atoms with van der Waals surface area (Å²) in [6.07, 6.45) is 5.82. The molecule has 1 aromatic rings. The van der Waals surface area contributed by atoms with Crippen LogP contribution in [0.3, 0.4) is 0 Å². The van der Waals surface area contributed by atoms with Crippen LogP contribution in [-0.2, 0) is 11.3 Å². The van der Waals surface area contributed by atoms with E-state index in [2.05, 4.69) is 15.7 Å². The minimum absolute atomic E-state index is 0. The van der Waals surface area contributed by atoms with Gasteiger partial charge in [-0.2, -0.15) is 5.10 Å². The van der Waals surface area contributed by atoms with Crippen LogP contribution in [0.4, 0.5) is 0 Å². The molecule has 1 aromatic heterocycles. The summed E-state index contributed by atoms with van der Waals surface area (Å²) >= 11 is 0. The Balaban J connectivity index is 0.00000128. The Kier molecular flexibility index (Phi) is 7.95. The first-order chi connectivity index (χ1) is 7.34. The summed E-state index contributed by atoms with van der Waals surface area (Å²) in [5.74, 6) is 0.0207. The zero-order valence-electron chi connectivity index (χ0n) is 9.46. The zero-order chi connectivity index (χ0) is 10.5. The van der Waals surface area contributed by atoms with Crippen molar-refractivity contribution in [3.8, 4) is 0 Å². The average Bonchev–Trinajstić information content (AvgIpc) is 2.86. The predicted octanol–water partition coefficient (Wildman–Crippen LogP) is 0.595. The molecule has 5 nitrogen and oxygen atoms in total. The Morgan fingerprint density at radius 3 is 2.94 bits per heavy atom. The fourth-order valence-electron chi connectivity index (χ4n) is 1.76. The van der Waals surface area contributed by atoms with E-state index < -0.39 is 0 Å². The lowest BCUT2D eigenvalue weighted by molar-refractivity contribution is -0.121. The molecule has 98 valence electrons. The van der Waals surface area contributed by atoms with Crippen LogP contribution < -0.4 is 10.6 Å². The van der Waals surface area contributed by atoms with E-state index >= 15 is 0 Å². The molecule has 1 aliphatic heterocycles. The van der Waals surface area contributed by atoms with Crippen molar-refractivity contribution in [1.29, 1.82) is 0 Å². The van der Waals surface area contributed by atoms with E-state index in [9.17, 15) is 4.79 Å². The van der Waals surface area contributed by atoms with Crippen molar-refractivity contribution < 1.29 is 4.79 Å². The lowest BCUT2D eigenvalue weighted by Gasteiger charge is -2.11. The summed E-state index contributed by atoms with van der Waals surface area (Å²) in [7, 11) is 0. The molecule has 7 heteroatoms. The van der Waals surface area contributed by atoms with E-state index in [1.807, 2.05) is 6.07 Å². The van der Waals surface area contributed by atoms with Gasteiger partial charge in [-0.1, -0.05) is 0 Å². The van der Waals surface area contributed by atoms with Crippen LogP contribution in [0.15, 0.2) is 18.5 Å². The standard InChI is InChI=1S/C10H16N4O.2ClH/c15-10(8-14-6-2-5-13-14)12-7-9-3-1-4-11-9;;/h2,5-6,9,11H,1,3-4,7-8H2,(H,12,15);2*1H. The van der Waals surface area contributed by atoms with Gasteiger partial charge in [0, 0.05) is 25.0 Å². The number of carbonyl (C=O) groups is 1. The maximum absolute atomic E-state index is 11.5. The van der Waals surface area contributed by atoms with Crippen molar-refractivity contribution in [3.63, 3.8) is 0 Å². The predicted molar refractivity (Wildman–Crippen MR) is 70.8 cm³/mol. The van der Waals surface area contributed by atoms with Gasteiger partial charge in [0.05, 0.1) is 0 Å². The topological polar surface area (TPSA) is 59.0 Å². The highest BCUT2D eigenvalue weighted by Crippen LogP contribution is 2.02. The number of nitrogens with one attached hydrogen (secondary N) is 2. The first-order valence-electron chi connectivity index (χ1n) is 5.32. The highest BCUT2D eigenvalue weighted by Gasteiger charge is 2.14. The second-order valence-corrected chi connectivity index (χ2v) is 3.80. The molecule has 0 bridgehead atoms. The molecule has 0 aliphatic carbocycles. The van der Waals surface area contributed by atoms with Gasteiger partial charge in [0.1, 0.15) is 6.54 Å². The molecule has 0 radical (unpaired) electrons. The quantitative estimate of drug-likeness (QED) is 0.849. The van der Waals surface area contributed by atoms with Crippen molar-refractivity contribution >= 4 is 30.7 Å². The monoisotopic (exact) mass is 280 g/mol. The van der Waals surface area contributed by atoms with Gasteiger partial charge in [-0.25, -0.2) is 0 Å². The molecule has 2 N–H and O–H groups in total. The highest BCUT2D eigenvalue weighted by molar-refractivity contribution is 5.85. The molecule has 1 fully saturated rings. The molecule has 1 saturated heterocycles. The first kappa shape index (κ1) is 16.2. The molecule has 1 aliphatic rings. The van der Waals surface area contributed by atoms with E-state index in [1.54, 1.807) is 17.1 Å². The summed E-state index contributed by atoms with van der Waals surface area (Å²) in [4.78, 5) is 11.5. The number of hydrogen-bond donors (Lipinski definition) is 2.